The van der Waals surface area contributed by atoms with Gasteiger partial charge in [0, 0.05) is 11.6 Å². The normalized spacial score (nSPS) is 10.2. The van der Waals surface area contributed by atoms with E-state index in [0.29, 0.717) is 36.1 Å². The van der Waals surface area contributed by atoms with Crippen LogP contribution in [0.15, 0.2) is 42.5 Å². The summed E-state index contributed by atoms with van der Waals surface area (Å²) in [6, 6.07) is 11.2. The second-order valence-electron chi connectivity index (χ2n) is 5.11. The Labute approximate surface area is 151 Å². The first-order chi connectivity index (χ1) is 12.1. The molecule has 0 saturated carbocycles. The highest BCUT2D eigenvalue weighted by atomic mass is 35.5. The van der Waals surface area contributed by atoms with E-state index in [1.807, 2.05) is 0 Å². The molecule has 25 heavy (non-hydrogen) atoms. The van der Waals surface area contributed by atoms with Crippen molar-refractivity contribution in [3.05, 3.63) is 58.9 Å². The fourth-order valence-corrected chi connectivity index (χ4v) is 2.16. The van der Waals surface area contributed by atoms with E-state index in [-0.39, 0.29) is 18.3 Å². The molecule has 0 fully saturated rings. The molecule has 5 nitrogen and oxygen atoms in total. The summed E-state index contributed by atoms with van der Waals surface area (Å²) in [4.78, 5) is 11.7. The number of nitrogens with one attached hydrogen (secondary N) is 2. The van der Waals surface area contributed by atoms with Gasteiger partial charge in [-0.15, -0.1) is 0 Å². The van der Waals surface area contributed by atoms with Gasteiger partial charge in [0.15, 0.2) is 11.6 Å². The maximum Gasteiger partial charge on any atom is 0.315 e. The number of carbonyl (C=O) groups excluding carboxylic acids is 1. The number of amides is 2. The maximum atomic E-state index is 13.7. The van der Waals surface area contributed by atoms with Gasteiger partial charge in [-0.1, -0.05) is 17.7 Å². The van der Waals surface area contributed by atoms with Gasteiger partial charge in [-0.2, -0.15) is 0 Å². The molecule has 0 heterocycles. The Balaban J connectivity index is 1.66. The van der Waals surface area contributed by atoms with Crippen LogP contribution in [0, 0.1) is 5.82 Å². The van der Waals surface area contributed by atoms with E-state index >= 15 is 0 Å². The predicted molar refractivity (Wildman–Crippen MR) is 94.8 cm³/mol. The fourth-order valence-electron chi connectivity index (χ4n) is 2.04. The van der Waals surface area contributed by atoms with Crippen LogP contribution in [0.5, 0.6) is 11.5 Å². The molecule has 7 heteroatoms. The number of urea groups is 1. The molecule has 0 unspecified atom stereocenters. The molecular formula is C18H20ClFN2O3. The molecule has 0 aliphatic rings. The van der Waals surface area contributed by atoms with Gasteiger partial charge in [-0.3, -0.25) is 0 Å². The first-order valence-corrected chi connectivity index (χ1v) is 8.27. The Bertz CT molecular complexity index is 695. The van der Waals surface area contributed by atoms with Crippen molar-refractivity contribution < 1.29 is 18.7 Å². The third kappa shape index (κ3) is 6.51. The molecule has 0 radical (unpaired) electrons. The standard InChI is InChI=1S/C18H20ClFN2O3/c1-2-24-17-8-3-13(11-16(17)20)12-22-18(23)21-9-10-25-15-6-4-14(19)5-7-15/h3-8,11H,2,9-10,12H2,1H3,(H2,21,22,23). The summed E-state index contributed by atoms with van der Waals surface area (Å²) in [6.45, 7) is 3.07. The van der Waals surface area contributed by atoms with Crippen LogP contribution in [-0.4, -0.2) is 25.8 Å². The Hall–Kier alpha value is -2.47. The van der Waals surface area contributed by atoms with Crippen LogP contribution >= 0.6 is 11.6 Å². The van der Waals surface area contributed by atoms with E-state index in [0.717, 1.165) is 0 Å². The van der Waals surface area contributed by atoms with E-state index in [1.165, 1.54) is 6.07 Å². The van der Waals surface area contributed by atoms with Crippen LogP contribution in [0.1, 0.15) is 12.5 Å². The van der Waals surface area contributed by atoms with Gasteiger partial charge in [-0.05, 0) is 48.9 Å². The number of halogens is 2. The van der Waals surface area contributed by atoms with E-state index in [1.54, 1.807) is 43.3 Å². The SMILES string of the molecule is CCOc1ccc(CNC(=O)NCCOc2ccc(Cl)cc2)cc1F. The summed E-state index contributed by atoms with van der Waals surface area (Å²) in [5.41, 5.74) is 0.647. The molecule has 2 aromatic rings. The molecule has 0 saturated heterocycles. The molecule has 134 valence electrons. The van der Waals surface area contributed by atoms with Crippen molar-refractivity contribution in [1.82, 2.24) is 10.6 Å². The van der Waals surface area contributed by atoms with Crippen LogP contribution in [0.3, 0.4) is 0 Å². The zero-order chi connectivity index (χ0) is 18.1. The topological polar surface area (TPSA) is 59.6 Å². The number of hydrogen-bond acceptors (Lipinski definition) is 3. The molecule has 0 bridgehead atoms. The average molecular weight is 367 g/mol. The predicted octanol–water partition coefficient (Wildman–Crippen LogP) is 3.76. The van der Waals surface area contributed by atoms with Crippen LogP contribution < -0.4 is 20.1 Å². The molecule has 0 aliphatic heterocycles. The summed E-state index contributed by atoms with van der Waals surface area (Å²) >= 11 is 5.78. The van der Waals surface area contributed by atoms with Crippen LogP contribution in [0.2, 0.25) is 5.02 Å². The van der Waals surface area contributed by atoms with E-state index < -0.39 is 5.82 Å². The molecule has 0 aliphatic carbocycles. The van der Waals surface area contributed by atoms with Crippen molar-refractivity contribution in [2.24, 2.45) is 0 Å². The molecule has 2 aromatic carbocycles. The van der Waals surface area contributed by atoms with Gasteiger partial charge in [0.1, 0.15) is 12.4 Å². The third-order valence-electron chi connectivity index (χ3n) is 3.22. The van der Waals surface area contributed by atoms with Crippen LogP contribution in [-0.2, 0) is 6.54 Å². The molecular weight excluding hydrogens is 347 g/mol. The quantitative estimate of drug-likeness (QED) is 0.699. The summed E-state index contributed by atoms with van der Waals surface area (Å²) in [5.74, 6) is 0.435. The summed E-state index contributed by atoms with van der Waals surface area (Å²) < 4.78 is 24.3. The average Bonchev–Trinajstić information content (AvgIpc) is 2.61. The van der Waals surface area contributed by atoms with E-state index in [2.05, 4.69) is 10.6 Å². The minimum absolute atomic E-state index is 0.204. The number of carbonyl (C=O) groups is 1. The van der Waals surface area contributed by atoms with Gasteiger partial charge in [-0.25, -0.2) is 9.18 Å². The van der Waals surface area contributed by atoms with Crippen molar-refractivity contribution >= 4 is 17.6 Å². The highest BCUT2D eigenvalue weighted by molar-refractivity contribution is 6.30. The lowest BCUT2D eigenvalue weighted by atomic mass is 10.2. The zero-order valence-corrected chi connectivity index (χ0v) is 14.6. The summed E-state index contributed by atoms with van der Waals surface area (Å²) in [5, 5.41) is 5.95. The molecule has 2 amide bonds. The highest BCUT2D eigenvalue weighted by Gasteiger charge is 2.05. The van der Waals surface area contributed by atoms with Gasteiger partial charge < -0.3 is 20.1 Å². The van der Waals surface area contributed by atoms with Gasteiger partial charge in [0.2, 0.25) is 0 Å². The Morgan fingerprint density at radius 3 is 2.56 bits per heavy atom. The van der Waals surface area contributed by atoms with Crippen molar-refractivity contribution in [3.63, 3.8) is 0 Å². The molecule has 0 aromatic heterocycles. The Morgan fingerprint density at radius 1 is 1.12 bits per heavy atom. The molecule has 0 spiro atoms. The first-order valence-electron chi connectivity index (χ1n) is 7.89. The van der Waals surface area contributed by atoms with Crippen molar-refractivity contribution in [2.45, 2.75) is 13.5 Å². The molecule has 0 atom stereocenters. The number of ether oxygens (including phenoxy) is 2. The second-order valence-corrected chi connectivity index (χ2v) is 5.55. The van der Waals surface area contributed by atoms with E-state index in [9.17, 15) is 9.18 Å². The number of hydrogen-bond donors (Lipinski definition) is 2. The maximum absolute atomic E-state index is 13.7. The van der Waals surface area contributed by atoms with Gasteiger partial charge in [0.05, 0.1) is 13.2 Å². The highest BCUT2D eigenvalue weighted by Crippen LogP contribution is 2.18. The lowest BCUT2D eigenvalue weighted by Gasteiger charge is -2.10. The summed E-state index contributed by atoms with van der Waals surface area (Å²) in [6.07, 6.45) is 0. The Morgan fingerprint density at radius 2 is 1.88 bits per heavy atom. The zero-order valence-electron chi connectivity index (χ0n) is 13.9. The first kappa shape index (κ1) is 18.9. The number of rotatable bonds is 8. The molecule has 2 rings (SSSR count). The summed E-state index contributed by atoms with van der Waals surface area (Å²) in [7, 11) is 0. The minimum Gasteiger partial charge on any atom is -0.492 e. The lowest BCUT2D eigenvalue weighted by Crippen LogP contribution is -2.37. The van der Waals surface area contributed by atoms with Crippen molar-refractivity contribution in [1.29, 1.82) is 0 Å². The monoisotopic (exact) mass is 366 g/mol. The van der Waals surface area contributed by atoms with Crippen molar-refractivity contribution in [2.75, 3.05) is 19.8 Å². The third-order valence-corrected chi connectivity index (χ3v) is 3.47. The van der Waals surface area contributed by atoms with Crippen LogP contribution in [0.25, 0.3) is 0 Å². The second kappa shape index (κ2) is 9.74. The smallest absolute Gasteiger partial charge is 0.315 e. The largest absolute Gasteiger partial charge is 0.492 e. The lowest BCUT2D eigenvalue weighted by molar-refractivity contribution is 0.236. The van der Waals surface area contributed by atoms with Crippen LogP contribution in [0.4, 0.5) is 9.18 Å². The van der Waals surface area contributed by atoms with Gasteiger partial charge in [0.25, 0.3) is 0 Å². The fraction of sp³-hybridized carbons (Fsp3) is 0.278. The van der Waals surface area contributed by atoms with Crippen molar-refractivity contribution in [3.8, 4) is 11.5 Å². The van der Waals surface area contributed by atoms with Gasteiger partial charge >= 0.3 is 6.03 Å². The Kier molecular flexibility index (Phi) is 7.35. The minimum atomic E-state index is -0.446. The molecule has 2 N–H and O–H groups in total. The number of benzene rings is 2. The van der Waals surface area contributed by atoms with E-state index in [4.69, 9.17) is 21.1 Å².